The number of hydrogen-bond donors (Lipinski definition) is 0. The van der Waals surface area contributed by atoms with E-state index in [-0.39, 0.29) is 5.56 Å². The molecule has 9 heteroatoms. The molecule has 1 saturated carbocycles. The maximum absolute atomic E-state index is 14.3. The zero-order valence-corrected chi connectivity index (χ0v) is 14.6. The van der Waals surface area contributed by atoms with Crippen LogP contribution in [0.5, 0.6) is 5.75 Å². The van der Waals surface area contributed by atoms with Gasteiger partial charge in [-0.1, -0.05) is 30.3 Å². The van der Waals surface area contributed by atoms with Crippen LogP contribution in [0.15, 0.2) is 42.6 Å². The van der Waals surface area contributed by atoms with Gasteiger partial charge in [0, 0.05) is 18.2 Å². The van der Waals surface area contributed by atoms with Crippen LogP contribution in [-0.4, -0.2) is 21.2 Å². The van der Waals surface area contributed by atoms with E-state index in [2.05, 4.69) is 10.2 Å². The van der Waals surface area contributed by atoms with E-state index in [9.17, 15) is 22.0 Å². The van der Waals surface area contributed by atoms with Gasteiger partial charge in [0.25, 0.3) is 0 Å². The van der Waals surface area contributed by atoms with Gasteiger partial charge in [-0.05, 0) is 24.8 Å². The Labute approximate surface area is 157 Å². The molecule has 2 aromatic heterocycles. The number of aromatic nitrogens is 3. The number of halogens is 5. The molecule has 0 aliphatic heterocycles. The lowest BCUT2D eigenvalue weighted by molar-refractivity contribution is -0.139. The molecule has 0 saturated heterocycles. The van der Waals surface area contributed by atoms with E-state index in [0.29, 0.717) is 18.2 Å². The minimum atomic E-state index is -4.83. The van der Waals surface area contributed by atoms with Crippen molar-refractivity contribution in [1.29, 1.82) is 0 Å². The molecular weight excluding hydrogens is 381 g/mol. The average Bonchev–Trinajstić information content (AvgIpc) is 3.38. The Bertz CT molecular complexity index is 980. The summed E-state index contributed by atoms with van der Waals surface area (Å²) in [6.07, 6.45) is -0.944. The van der Waals surface area contributed by atoms with Crippen molar-refractivity contribution in [2.75, 3.05) is 6.61 Å². The number of fused-ring (bicyclic) bond motifs is 1. The van der Waals surface area contributed by atoms with Crippen molar-refractivity contribution in [2.45, 2.75) is 31.4 Å². The molecule has 1 aliphatic rings. The van der Waals surface area contributed by atoms with Crippen LogP contribution in [0.2, 0.25) is 0 Å². The molecule has 148 valence electrons. The predicted molar refractivity (Wildman–Crippen MR) is 90.2 cm³/mol. The Kier molecular flexibility index (Phi) is 4.47. The first-order chi connectivity index (χ1) is 13.3. The number of nitrogens with zero attached hydrogens (tertiary/aromatic N) is 3. The molecule has 1 aromatic carbocycles. The van der Waals surface area contributed by atoms with Crippen molar-refractivity contribution in [3.8, 4) is 5.75 Å². The Morgan fingerprint density at radius 1 is 1.00 bits per heavy atom. The second kappa shape index (κ2) is 6.72. The van der Waals surface area contributed by atoms with E-state index < -0.39 is 35.7 Å². The fourth-order valence-corrected chi connectivity index (χ4v) is 3.03. The summed E-state index contributed by atoms with van der Waals surface area (Å²) in [5.41, 5.74) is -1.98. The average molecular weight is 397 g/mol. The summed E-state index contributed by atoms with van der Waals surface area (Å²) in [4.78, 5) is 0. The van der Waals surface area contributed by atoms with Crippen molar-refractivity contribution in [3.05, 3.63) is 59.5 Å². The summed E-state index contributed by atoms with van der Waals surface area (Å²) in [5, 5.41) is 7.51. The molecule has 0 atom stereocenters. The van der Waals surface area contributed by atoms with Gasteiger partial charge in [-0.15, -0.1) is 10.2 Å². The third kappa shape index (κ3) is 3.65. The summed E-state index contributed by atoms with van der Waals surface area (Å²) in [5.74, 6) is -3.31. The van der Waals surface area contributed by atoms with Gasteiger partial charge < -0.3 is 4.74 Å². The van der Waals surface area contributed by atoms with Gasteiger partial charge in [0.1, 0.15) is 17.1 Å². The number of hydrogen-bond acceptors (Lipinski definition) is 3. The molecule has 3 aromatic rings. The molecule has 0 N–H and O–H groups in total. The molecular formula is C19H16F5N3O. The topological polar surface area (TPSA) is 39.4 Å². The van der Waals surface area contributed by atoms with Crippen LogP contribution in [0.1, 0.15) is 29.8 Å². The van der Waals surface area contributed by atoms with Crippen LogP contribution in [0.4, 0.5) is 22.0 Å². The Hall–Kier alpha value is -2.71. The van der Waals surface area contributed by atoms with Crippen molar-refractivity contribution >= 4 is 5.65 Å². The van der Waals surface area contributed by atoms with Crippen LogP contribution in [0, 0.1) is 5.92 Å². The monoisotopic (exact) mass is 397 g/mol. The molecule has 0 bridgehead atoms. The first-order valence-corrected chi connectivity index (χ1v) is 8.75. The lowest BCUT2D eigenvalue weighted by Gasteiger charge is -2.20. The highest BCUT2D eigenvalue weighted by Crippen LogP contribution is 2.40. The zero-order chi connectivity index (χ0) is 19.9. The van der Waals surface area contributed by atoms with Crippen molar-refractivity contribution in [3.63, 3.8) is 0 Å². The first-order valence-electron chi connectivity index (χ1n) is 8.75. The van der Waals surface area contributed by atoms with Crippen molar-refractivity contribution < 1.29 is 26.7 Å². The van der Waals surface area contributed by atoms with Gasteiger partial charge >= 0.3 is 12.1 Å². The maximum Gasteiger partial charge on any atom is 0.423 e. The second-order valence-corrected chi connectivity index (χ2v) is 6.87. The molecule has 2 heterocycles. The molecule has 0 amide bonds. The summed E-state index contributed by atoms with van der Waals surface area (Å²) >= 11 is 0. The molecule has 4 nitrogen and oxygen atoms in total. The molecule has 28 heavy (non-hydrogen) atoms. The van der Waals surface area contributed by atoms with Gasteiger partial charge in [-0.25, -0.2) is 0 Å². The van der Waals surface area contributed by atoms with Crippen molar-refractivity contribution in [1.82, 2.24) is 14.6 Å². The number of ether oxygens (including phenoxy) is 1. The van der Waals surface area contributed by atoms with Gasteiger partial charge in [0.15, 0.2) is 12.3 Å². The molecule has 4 rings (SSSR count). The third-order valence-electron chi connectivity index (χ3n) is 4.67. The normalized spacial score (nSPS) is 15.2. The molecule has 0 unspecified atom stereocenters. The number of rotatable bonds is 6. The lowest BCUT2D eigenvalue weighted by Crippen LogP contribution is -2.24. The largest absolute Gasteiger partial charge is 0.486 e. The Morgan fingerprint density at radius 3 is 2.36 bits per heavy atom. The van der Waals surface area contributed by atoms with E-state index in [1.807, 2.05) is 0 Å². The number of alkyl halides is 5. The minimum Gasteiger partial charge on any atom is -0.486 e. The minimum absolute atomic E-state index is 0.334. The summed E-state index contributed by atoms with van der Waals surface area (Å²) in [6.45, 7) is -1.22. The second-order valence-electron chi connectivity index (χ2n) is 6.87. The fraction of sp³-hybridized carbons (Fsp3) is 0.368. The SMILES string of the molecule is FC(F)(F)c1c(OCC(F)(F)c2ccccc2)ccn2c(CC3CC3)nnc12. The summed E-state index contributed by atoms with van der Waals surface area (Å²) < 4.78 is 75.8. The van der Waals surface area contributed by atoms with Gasteiger partial charge in [0.2, 0.25) is 0 Å². The molecule has 1 aliphatic carbocycles. The van der Waals surface area contributed by atoms with Gasteiger partial charge in [-0.3, -0.25) is 4.40 Å². The van der Waals surface area contributed by atoms with E-state index in [1.54, 1.807) is 6.07 Å². The van der Waals surface area contributed by atoms with Crippen LogP contribution in [-0.2, 0) is 18.5 Å². The summed E-state index contributed by atoms with van der Waals surface area (Å²) in [6, 6.07) is 7.85. The van der Waals surface area contributed by atoms with Crippen LogP contribution >= 0.6 is 0 Å². The standard InChI is InChI=1S/C19H16F5N3O/c20-18(21,13-4-2-1-3-5-13)11-28-14-8-9-27-15(10-12-6-7-12)25-26-17(27)16(14)19(22,23)24/h1-5,8-9,12H,6-7,10-11H2. The fourth-order valence-electron chi connectivity index (χ4n) is 3.03. The van der Waals surface area contributed by atoms with Crippen LogP contribution in [0.25, 0.3) is 5.65 Å². The lowest BCUT2D eigenvalue weighted by atomic mass is 10.1. The number of benzene rings is 1. The van der Waals surface area contributed by atoms with Gasteiger partial charge in [-0.2, -0.15) is 22.0 Å². The maximum atomic E-state index is 14.3. The Balaban J connectivity index is 1.66. The van der Waals surface area contributed by atoms with E-state index in [4.69, 9.17) is 4.74 Å². The van der Waals surface area contributed by atoms with E-state index in [1.165, 1.54) is 34.9 Å². The molecule has 0 radical (unpaired) electrons. The van der Waals surface area contributed by atoms with Gasteiger partial charge in [0.05, 0.1) is 0 Å². The predicted octanol–water partition coefficient (Wildman–Crippen LogP) is 4.87. The summed E-state index contributed by atoms with van der Waals surface area (Å²) in [7, 11) is 0. The number of pyridine rings is 1. The van der Waals surface area contributed by atoms with E-state index >= 15 is 0 Å². The third-order valence-corrected chi connectivity index (χ3v) is 4.67. The highest BCUT2D eigenvalue weighted by Gasteiger charge is 2.40. The van der Waals surface area contributed by atoms with E-state index in [0.717, 1.165) is 18.9 Å². The smallest absolute Gasteiger partial charge is 0.423 e. The highest BCUT2D eigenvalue weighted by atomic mass is 19.4. The van der Waals surface area contributed by atoms with Crippen LogP contribution in [0.3, 0.4) is 0 Å². The molecule has 1 fully saturated rings. The van der Waals surface area contributed by atoms with Crippen molar-refractivity contribution in [2.24, 2.45) is 5.92 Å². The first kappa shape index (κ1) is 18.6. The Morgan fingerprint density at radius 2 is 1.71 bits per heavy atom. The quantitative estimate of drug-likeness (QED) is 0.557. The highest BCUT2D eigenvalue weighted by molar-refractivity contribution is 5.56. The zero-order valence-electron chi connectivity index (χ0n) is 14.6. The van der Waals surface area contributed by atoms with Crippen LogP contribution < -0.4 is 4.74 Å². The molecule has 0 spiro atoms.